The van der Waals surface area contributed by atoms with E-state index in [-0.39, 0.29) is 10.7 Å². The first-order valence-corrected chi connectivity index (χ1v) is 6.11. The SMILES string of the molecule is CC(=O)OCCC(C)(C)[S+](C)C. The fraction of sp³-hybridized carbons (Fsp3) is 0.889. The van der Waals surface area contributed by atoms with Gasteiger partial charge in [0, 0.05) is 13.3 Å². The highest BCUT2D eigenvalue weighted by Gasteiger charge is 2.30. The van der Waals surface area contributed by atoms with Crippen molar-refractivity contribution in [3.63, 3.8) is 0 Å². The summed E-state index contributed by atoms with van der Waals surface area (Å²) < 4.78 is 5.18. The third-order valence-electron chi connectivity index (χ3n) is 2.11. The quantitative estimate of drug-likeness (QED) is 0.498. The van der Waals surface area contributed by atoms with Crippen LogP contribution in [0, 0.1) is 0 Å². The molecule has 0 heterocycles. The lowest BCUT2D eigenvalue weighted by molar-refractivity contribution is -0.141. The molecule has 0 aliphatic carbocycles. The Kier molecular flexibility index (Phi) is 4.68. The Bertz CT molecular complexity index is 153. The van der Waals surface area contributed by atoms with Crippen molar-refractivity contribution in [3.05, 3.63) is 0 Å². The summed E-state index contributed by atoms with van der Waals surface area (Å²) in [5.41, 5.74) is 0. The predicted molar refractivity (Wildman–Crippen MR) is 54.5 cm³/mol. The molecule has 0 aliphatic heterocycles. The third-order valence-corrected chi connectivity index (χ3v) is 4.53. The molecule has 0 fully saturated rings. The summed E-state index contributed by atoms with van der Waals surface area (Å²) in [5, 5.41) is 0. The van der Waals surface area contributed by atoms with E-state index in [1.807, 2.05) is 0 Å². The van der Waals surface area contributed by atoms with E-state index in [0.717, 1.165) is 6.42 Å². The average Bonchev–Trinajstić information content (AvgIpc) is 1.85. The number of carbonyl (C=O) groups excluding carboxylic acids is 1. The minimum absolute atomic E-state index is 0.183. The lowest BCUT2D eigenvalue weighted by Gasteiger charge is -2.20. The molecule has 72 valence electrons. The second kappa shape index (κ2) is 4.75. The van der Waals surface area contributed by atoms with E-state index >= 15 is 0 Å². The van der Waals surface area contributed by atoms with Crippen molar-refractivity contribution >= 4 is 16.9 Å². The maximum Gasteiger partial charge on any atom is 0.302 e. The molecule has 2 nitrogen and oxygen atoms in total. The number of hydrogen-bond acceptors (Lipinski definition) is 2. The van der Waals surface area contributed by atoms with Crippen molar-refractivity contribution < 1.29 is 9.53 Å². The van der Waals surface area contributed by atoms with Gasteiger partial charge in [0.1, 0.15) is 4.75 Å². The fourth-order valence-corrected chi connectivity index (χ4v) is 1.14. The van der Waals surface area contributed by atoms with Gasteiger partial charge in [-0.1, -0.05) is 0 Å². The normalized spacial score (nSPS) is 11.8. The minimum Gasteiger partial charge on any atom is -0.466 e. The molecule has 0 unspecified atom stereocenters. The van der Waals surface area contributed by atoms with Crippen molar-refractivity contribution in [2.75, 3.05) is 19.1 Å². The molecule has 0 bridgehead atoms. The topological polar surface area (TPSA) is 26.3 Å². The molecule has 12 heavy (non-hydrogen) atoms. The zero-order chi connectivity index (χ0) is 9.78. The Balaban J connectivity index is 3.69. The second-order valence-electron chi connectivity index (χ2n) is 3.67. The number of esters is 1. The standard InChI is InChI=1S/C9H19O2S/c1-8(10)11-7-6-9(2,3)12(4)5/h6-7H2,1-5H3/q+1. The second-order valence-corrected chi connectivity index (χ2v) is 6.40. The monoisotopic (exact) mass is 191 g/mol. The van der Waals surface area contributed by atoms with E-state index in [1.165, 1.54) is 6.92 Å². The predicted octanol–water partition coefficient (Wildman–Crippen LogP) is 1.60. The van der Waals surface area contributed by atoms with E-state index in [4.69, 9.17) is 4.74 Å². The molecule has 0 radical (unpaired) electrons. The fourth-order valence-electron chi connectivity index (χ4n) is 0.645. The largest absolute Gasteiger partial charge is 0.466 e. The van der Waals surface area contributed by atoms with Crippen LogP contribution in [0.5, 0.6) is 0 Å². The van der Waals surface area contributed by atoms with E-state index in [2.05, 4.69) is 26.4 Å². The van der Waals surface area contributed by atoms with Crippen LogP contribution in [0.4, 0.5) is 0 Å². The molecule has 0 saturated heterocycles. The van der Waals surface area contributed by atoms with Gasteiger partial charge < -0.3 is 4.74 Å². The molecule has 3 heteroatoms. The molecule has 0 N–H and O–H groups in total. The minimum atomic E-state index is -0.183. The van der Waals surface area contributed by atoms with Crippen LogP contribution in [-0.4, -0.2) is 29.8 Å². The lowest BCUT2D eigenvalue weighted by Crippen LogP contribution is -2.31. The summed E-state index contributed by atoms with van der Waals surface area (Å²) in [6.45, 7) is 6.41. The van der Waals surface area contributed by atoms with Crippen LogP contribution >= 0.6 is 0 Å². The van der Waals surface area contributed by atoms with Gasteiger partial charge in [-0.2, -0.15) is 0 Å². The highest BCUT2D eigenvalue weighted by molar-refractivity contribution is 7.96. The number of carbonyl (C=O) groups is 1. The van der Waals surface area contributed by atoms with Gasteiger partial charge in [0.25, 0.3) is 0 Å². The Morgan fingerprint density at radius 3 is 2.25 bits per heavy atom. The van der Waals surface area contributed by atoms with Gasteiger partial charge in [-0.15, -0.1) is 0 Å². The lowest BCUT2D eigenvalue weighted by atomic mass is 10.1. The van der Waals surface area contributed by atoms with E-state index in [0.29, 0.717) is 17.5 Å². The first-order valence-electron chi connectivity index (χ1n) is 4.07. The van der Waals surface area contributed by atoms with E-state index in [9.17, 15) is 4.79 Å². The van der Waals surface area contributed by atoms with Crippen molar-refractivity contribution in [2.45, 2.75) is 31.9 Å². The number of ether oxygens (including phenoxy) is 1. The number of rotatable bonds is 4. The van der Waals surface area contributed by atoms with E-state index < -0.39 is 0 Å². The van der Waals surface area contributed by atoms with Gasteiger partial charge in [-0.3, -0.25) is 4.79 Å². The summed E-state index contributed by atoms with van der Waals surface area (Å²) in [5.74, 6) is -0.183. The van der Waals surface area contributed by atoms with Crippen molar-refractivity contribution in [3.8, 4) is 0 Å². The van der Waals surface area contributed by atoms with E-state index in [1.54, 1.807) is 0 Å². The molecular formula is C9H19O2S+. The molecule has 0 aromatic rings. The Hall–Kier alpha value is -0.180. The summed E-state index contributed by atoms with van der Waals surface area (Å²) in [6.07, 6.45) is 5.38. The van der Waals surface area contributed by atoms with Crippen molar-refractivity contribution in [1.82, 2.24) is 0 Å². The Morgan fingerprint density at radius 2 is 1.92 bits per heavy atom. The van der Waals surface area contributed by atoms with Crippen LogP contribution in [0.15, 0.2) is 0 Å². The van der Waals surface area contributed by atoms with Crippen LogP contribution in [0.2, 0.25) is 0 Å². The number of hydrogen-bond donors (Lipinski definition) is 0. The summed E-state index contributed by atoms with van der Waals surface area (Å²) in [7, 11) is 0.368. The maximum absolute atomic E-state index is 10.5. The van der Waals surface area contributed by atoms with Crippen LogP contribution in [0.3, 0.4) is 0 Å². The summed E-state index contributed by atoms with van der Waals surface area (Å²) in [4.78, 5) is 10.5. The van der Waals surface area contributed by atoms with Crippen LogP contribution in [-0.2, 0) is 20.4 Å². The molecule has 0 saturated carbocycles. The van der Waals surface area contributed by atoms with Gasteiger partial charge in [0.2, 0.25) is 0 Å². The molecule has 0 atom stereocenters. The summed E-state index contributed by atoms with van der Waals surface area (Å²) in [6, 6.07) is 0. The first-order chi connectivity index (χ1) is 5.36. The highest BCUT2D eigenvalue weighted by Crippen LogP contribution is 2.19. The molecule has 0 rings (SSSR count). The highest BCUT2D eigenvalue weighted by atomic mass is 32.2. The summed E-state index contributed by atoms with van der Waals surface area (Å²) >= 11 is 0. The van der Waals surface area contributed by atoms with Crippen molar-refractivity contribution in [1.29, 1.82) is 0 Å². The van der Waals surface area contributed by atoms with Gasteiger partial charge in [-0.25, -0.2) is 0 Å². The van der Waals surface area contributed by atoms with Crippen LogP contribution < -0.4 is 0 Å². The molecule has 0 amide bonds. The molecule has 0 aromatic heterocycles. The van der Waals surface area contributed by atoms with Gasteiger partial charge in [-0.05, 0) is 24.7 Å². The Morgan fingerprint density at radius 1 is 1.42 bits per heavy atom. The van der Waals surface area contributed by atoms with Gasteiger partial charge in [0.05, 0.1) is 19.1 Å². The van der Waals surface area contributed by atoms with Crippen molar-refractivity contribution in [2.24, 2.45) is 0 Å². The van der Waals surface area contributed by atoms with Gasteiger partial charge >= 0.3 is 5.97 Å². The zero-order valence-corrected chi connectivity index (χ0v) is 9.46. The molecule has 0 aliphatic rings. The third kappa shape index (κ3) is 4.65. The van der Waals surface area contributed by atoms with Gasteiger partial charge in [0.15, 0.2) is 0 Å². The maximum atomic E-state index is 10.5. The molecular weight excluding hydrogens is 172 g/mol. The first kappa shape index (κ1) is 11.8. The zero-order valence-electron chi connectivity index (χ0n) is 8.64. The molecule has 0 spiro atoms. The smallest absolute Gasteiger partial charge is 0.302 e. The average molecular weight is 191 g/mol. The molecule has 0 aromatic carbocycles. The Labute approximate surface area is 78.0 Å². The van der Waals surface area contributed by atoms with Crippen LogP contribution in [0.1, 0.15) is 27.2 Å². The van der Waals surface area contributed by atoms with Crippen LogP contribution in [0.25, 0.3) is 0 Å².